The van der Waals surface area contributed by atoms with Gasteiger partial charge in [0.2, 0.25) is 0 Å². The minimum absolute atomic E-state index is 0.234. The van der Waals surface area contributed by atoms with Crippen LogP contribution in [0.2, 0.25) is 0 Å². The van der Waals surface area contributed by atoms with Crippen molar-refractivity contribution in [1.29, 1.82) is 0 Å². The number of nitrogens with one attached hydrogen (secondary N) is 2. The zero-order valence-electron chi connectivity index (χ0n) is 13.4. The smallest absolute Gasteiger partial charge is 0.416 e. The van der Waals surface area contributed by atoms with Gasteiger partial charge in [-0.1, -0.05) is 6.07 Å². The Hall–Kier alpha value is -3.10. The zero-order chi connectivity index (χ0) is 19.3. The molecule has 2 amide bonds. The fraction of sp³-hybridized carbons (Fsp3) is 0.176. The van der Waals surface area contributed by atoms with E-state index in [1.807, 2.05) is 5.43 Å². The standard InChI is InChI=1S/C17H14F4N2O3/c1-10(26-14-7-5-13(18)6-8-14)15(24)22-23-16(25)11-3-2-4-12(9-11)17(19,20)21/h2-10H,1H3,(H,22,24)(H,23,25). The van der Waals surface area contributed by atoms with Crippen LogP contribution in [-0.4, -0.2) is 17.9 Å². The Morgan fingerprint density at radius 2 is 1.69 bits per heavy atom. The molecular formula is C17H14F4N2O3. The first-order chi connectivity index (χ1) is 12.2. The van der Waals surface area contributed by atoms with Crippen molar-refractivity contribution >= 4 is 11.8 Å². The van der Waals surface area contributed by atoms with E-state index in [0.29, 0.717) is 6.07 Å². The molecule has 0 aliphatic carbocycles. The molecule has 9 heteroatoms. The van der Waals surface area contributed by atoms with E-state index in [1.54, 1.807) is 0 Å². The first kappa shape index (κ1) is 19.2. The molecule has 0 aliphatic heterocycles. The number of hydrogen-bond donors (Lipinski definition) is 2. The summed E-state index contributed by atoms with van der Waals surface area (Å²) in [6.45, 7) is 1.38. The molecule has 0 saturated heterocycles. The predicted molar refractivity (Wildman–Crippen MR) is 83.5 cm³/mol. The molecule has 2 N–H and O–H groups in total. The Labute approximate surface area is 145 Å². The highest BCUT2D eigenvalue weighted by Gasteiger charge is 2.31. The van der Waals surface area contributed by atoms with E-state index < -0.39 is 35.5 Å². The van der Waals surface area contributed by atoms with Gasteiger partial charge in [-0.25, -0.2) is 4.39 Å². The molecule has 0 bridgehead atoms. The highest BCUT2D eigenvalue weighted by molar-refractivity contribution is 5.95. The normalized spacial score (nSPS) is 12.2. The first-order valence-electron chi connectivity index (χ1n) is 7.36. The number of benzene rings is 2. The summed E-state index contributed by atoms with van der Waals surface area (Å²) in [4.78, 5) is 23.7. The van der Waals surface area contributed by atoms with E-state index in [0.717, 1.165) is 24.3 Å². The van der Waals surface area contributed by atoms with Crippen LogP contribution >= 0.6 is 0 Å². The average Bonchev–Trinajstić information content (AvgIpc) is 2.60. The molecule has 0 saturated carbocycles. The monoisotopic (exact) mass is 370 g/mol. The van der Waals surface area contributed by atoms with Crippen LogP contribution in [0.5, 0.6) is 5.75 Å². The van der Waals surface area contributed by atoms with Crippen molar-refractivity contribution in [2.24, 2.45) is 0 Å². The van der Waals surface area contributed by atoms with Crippen molar-refractivity contribution in [2.45, 2.75) is 19.2 Å². The SMILES string of the molecule is CC(Oc1ccc(F)cc1)C(=O)NNC(=O)c1cccc(C(F)(F)F)c1. The van der Waals surface area contributed by atoms with Gasteiger partial charge in [0.25, 0.3) is 11.8 Å². The van der Waals surface area contributed by atoms with E-state index in [1.165, 1.54) is 25.1 Å². The zero-order valence-corrected chi connectivity index (χ0v) is 13.4. The van der Waals surface area contributed by atoms with Crippen molar-refractivity contribution in [3.05, 3.63) is 65.5 Å². The second kappa shape index (κ2) is 7.85. The molecule has 2 aromatic carbocycles. The van der Waals surface area contributed by atoms with Crippen molar-refractivity contribution in [2.75, 3.05) is 0 Å². The molecule has 0 aliphatic rings. The summed E-state index contributed by atoms with van der Waals surface area (Å²) in [5.74, 6) is -1.89. The molecule has 2 aromatic rings. The van der Waals surface area contributed by atoms with E-state index in [2.05, 4.69) is 5.43 Å². The largest absolute Gasteiger partial charge is 0.481 e. The number of carbonyl (C=O) groups excluding carboxylic acids is 2. The summed E-state index contributed by atoms with van der Waals surface area (Å²) >= 11 is 0. The summed E-state index contributed by atoms with van der Waals surface area (Å²) in [5.41, 5.74) is 2.81. The maximum Gasteiger partial charge on any atom is 0.416 e. The van der Waals surface area contributed by atoms with Crippen LogP contribution in [0.25, 0.3) is 0 Å². The fourth-order valence-corrected chi connectivity index (χ4v) is 1.90. The van der Waals surface area contributed by atoms with Gasteiger partial charge in [-0.2, -0.15) is 13.2 Å². The number of hydrogen-bond acceptors (Lipinski definition) is 3. The van der Waals surface area contributed by atoms with Crippen LogP contribution < -0.4 is 15.6 Å². The quantitative estimate of drug-likeness (QED) is 0.642. The molecule has 1 unspecified atom stereocenters. The third kappa shape index (κ3) is 5.20. The van der Waals surface area contributed by atoms with Gasteiger partial charge in [0, 0.05) is 5.56 Å². The maximum absolute atomic E-state index is 12.8. The lowest BCUT2D eigenvalue weighted by molar-refractivity contribution is -0.137. The predicted octanol–water partition coefficient (Wildman–Crippen LogP) is 3.07. The van der Waals surface area contributed by atoms with Crippen LogP contribution in [0.3, 0.4) is 0 Å². The van der Waals surface area contributed by atoms with E-state index >= 15 is 0 Å². The molecule has 138 valence electrons. The molecule has 0 fully saturated rings. The van der Waals surface area contributed by atoms with Gasteiger partial charge in [-0.15, -0.1) is 0 Å². The van der Waals surface area contributed by atoms with Crippen molar-refractivity contribution in [3.8, 4) is 5.75 Å². The van der Waals surface area contributed by atoms with E-state index in [-0.39, 0.29) is 11.3 Å². The minimum atomic E-state index is -4.59. The fourth-order valence-electron chi connectivity index (χ4n) is 1.90. The Bertz CT molecular complexity index is 791. The third-order valence-corrected chi connectivity index (χ3v) is 3.25. The summed E-state index contributed by atoms with van der Waals surface area (Å²) < 4.78 is 56.0. The molecule has 5 nitrogen and oxygen atoms in total. The molecule has 26 heavy (non-hydrogen) atoms. The maximum atomic E-state index is 12.8. The van der Waals surface area contributed by atoms with E-state index in [9.17, 15) is 27.2 Å². The summed E-state index contributed by atoms with van der Waals surface area (Å²) in [6.07, 6.45) is -5.63. The summed E-state index contributed by atoms with van der Waals surface area (Å²) in [5, 5.41) is 0. The average molecular weight is 370 g/mol. The van der Waals surface area contributed by atoms with Crippen LogP contribution in [-0.2, 0) is 11.0 Å². The van der Waals surface area contributed by atoms with Crippen molar-refractivity contribution in [1.82, 2.24) is 10.9 Å². The molecule has 2 rings (SSSR count). The van der Waals surface area contributed by atoms with Crippen LogP contribution in [0.4, 0.5) is 17.6 Å². The lowest BCUT2D eigenvalue weighted by Crippen LogP contribution is -2.47. The second-order valence-corrected chi connectivity index (χ2v) is 5.24. The van der Waals surface area contributed by atoms with Gasteiger partial charge in [-0.3, -0.25) is 20.4 Å². The highest BCUT2D eigenvalue weighted by atomic mass is 19.4. The molecule has 1 atom stereocenters. The van der Waals surface area contributed by atoms with Crippen molar-refractivity contribution < 1.29 is 31.9 Å². The highest BCUT2D eigenvalue weighted by Crippen LogP contribution is 2.29. The van der Waals surface area contributed by atoms with Gasteiger partial charge >= 0.3 is 6.18 Å². The lowest BCUT2D eigenvalue weighted by Gasteiger charge is -2.15. The number of ether oxygens (including phenoxy) is 1. The Kier molecular flexibility index (Phi) is 5.81. The van der Waals surface area contributed by atoms with Gasteiger partial charge in [0.15, 0.2) is 6.10 Å². The molecule has 0 heterocycles. The first-order valence-corrected chi connectivity index (χ1v) is 7.36. The third-order valence-electron chi connectivity index (χ3n) is 3.25. The Morgan fingerprint density at radius 1 is 1.04 bits per heavy atom. The van der Waals surface area contributed by atoms with E-state index in [4.69, 9.17) is 4.74 Å². The Morgan fingerprint density at radius 3 is 2.31 bits per heavy atom. The molecular weight excluding hydrogens is 356 g/mol. The molecule has 0 radical (unpaired) electrons. The van der Waals surface area contributed by atoms with Gasteiger partial charge in [-0.05, 0) is 49.4 Å². The summed E-state index contributed by atoms with van der Waals surface area (Å²) in [6, 6.07) is 8.69. The number of rotatable bonds is 4. The lowest BCUT2D eigenvalue weighted by atomic mass is 10.1. The number of carbonyl (C=O) groups is 2. The van der Waals surface area contributed by atoms with Crippen LogP contribution in [0.15, 0.2) is 48.5 Å². The number of halogens is 4. The van der Waals surface area contributed by atoms with Crippen molar-refractivity contribution in [3.63, 3.8) is 0 Å². The van der Waals surface area contributed by atoms with Crippen LogP contribution in [0, 0.1) is 5.82 Å². The van der Waals surface area contributed by atoms with Crippen LogP contribution in [0.1, 0.15) is 22.8 Å². The number of hydrazine groups is 1. The second-order valence-electron chi connectivity index (χ2n) is 5.24. The number of alkyl halides is 3. The molecule has 0 aromatic heterocycles. The number of amides is 2. The Balaban J connectivity index is 1.92. The summed E-state index contributed by atoms with van der Waals surface area (Å²) in [7, 11) is 0. The van der Waals surface area contributed by atoms with Gasteiger partial charge in [0.1, 0.15) is 11.6 Å². The minimum Gasteiger partial charge on any atom is -0.481 e. The topological polar surface area (TPSA) is 67.4 Å². The molecule has 0 spiro atoms. The van der Waals surface area contributed by atoms with Gasteiger partial charge < -0.3 is 4.74 Å². The van der Waals surface area contributed by atoms with Gasteiger partial charge in [0.05, 0.1) is 5.56 Å².